The summed E-state index contributed by atoms with van der Waals surface area (Å²) in [6.45, 7) is 15.7. The monoisotopic (exact) mass is 255 g/mol. The molecule has 2 atom stereocenters. The molecule has 0 aliphatic heterocycles. The molecule has 0 aromatic heterocycles. The first-order valence-corrected chi connectivity index (χ1v) is 7.66. The Morgan fingerprint density at radius 2 is 1.83 bits per heavy atom. The lowest BCUT2D eigenvalue weighted by molar-refractivity contribution is -0.0466. The maximum atomic E-state index is 10.5. The van der Waals surface area contributed by atoms with Crippen LogP contribution in [0.2, 0.25) is 0 Å². The fourth-order valence-corrected chi connectivity index (χ4v) is 3.22. The van der Waals surface area contributed by atoms with Gasteiger partial charge in [0.15, 0.2) is 0 Å². The van der Waals surface area contributed by atoms with Gasteiger partial charge in [-0.3, -0.25) is 0 Å². The molecule has 1 aliphatic carbocycles. The molecule has 1 fully saturated rings. The Labute approximate surface area is 114 Å². The lowest BCUT2D eigenvalue weighted by atomic mass is 9.69. The quantitative estimate of drug-likeness (QED) is 0.812. The molecule has 2 heteroatoms. The summed E-state index contributed by atoms with van der Waals surface area (Å²) in [5.41, 5.74) is 0.101. The molecule has 1 aliphatic rings. The summed E-state index contributed by atoms with van der Waals surface area (Å²) in [5.74, 6) is 1.15. The van der Waals surface area contributed by atoms with Crippen molar-refractivity contribution in [2.24, 2.45) is 17.3 Å². The number of aliphatic hydroxyl groups is 1. The maximum Gasteiger partial charge on any atom is 0.0631 e. The van der Waals surface area contributed by atoms with E-state index in [1.807, 2.05) is 0 Å². The molecule has 1 N–H and O–H groups in total. The molecule has 0 heterocycles. The summed E-state index contributed by atoms with van der Waals surface area (Å²) in [6, 6.07) is 0.574. The highest BCUT2D eigenvalue weighted by atomic mass is 16.3. The third-order valence-corrected chi connectivity index (χ3v) is 4.44. The third-order valence-electron chi connectivity index (χ3n) is 4.44. The van der Waals surface area contributed by atoms with E-state index in [9.17, 15) is 5.11 Å². The molecule has 0 aromatic carbocycles. The van der Waals surface area contributed by atoms with Crippen LogP contribution >= 0.6 is 0 Å². The molecule has 0 bridgehead atoms. The van der Waals surface area contributed by atoms with E-state index in [4.69, 9.17) is 0 Å². The van der Waals surface area contributed by atoms with Crippen LogP contribution in [0.4, 0.5) is 0 Å². The number of hydrogen-bond donors (Lipinski definition) is 1. The zero-order valence-electron chi connectivity index (χ0n) is 13.2. The predicted octanol–water partition coefficient (Wildman–Crippen LogP) is 3.54. The van der Waals surface area contributed by atoms with E-state index in [1.165, 1.54) is 12.8 Å². The first-order valence-electron chi connectivity index (χ1n) is 7.66. The zero-order chi connectivity index (χ0) is 13.9. The first-order chi connectivity index (χ1) is 8.24. The molecule has 0 radical (unpaired) electrons. The highest BCUT2D eigenvalue weighted by Gasteiger charge is 2.38. The second kappa shape index (κ2) is 6.38. The fourth-order valence-electron chi connectivity index (χ4n) is 3.22. The fraction of sp³-hybridized carbons (Fsp3) is 1.00. The smallest absolute Gasteiger partial charge is 0.0631 e. The number of rotatable bonds is 5. The van der Waals surface area contributed by atoms with Gasteiger partial charge in [0.2, 0.25) is 0 Å². The van der Waals surface area contributed by atoms with Gasteiger partial charge in [-0.25, -0.2) is 0 Å². The standard InChI is InChI=1S/C16H33NO/c1-12(2)10-17(13(3)4)11-14-8-7-9-16(5,6)15(14)18/h12-15,18H,7-11H2,1-6H3. The van der Waals surface area contributed by atoms with Crippen molar-refractivity contribution in [2.75, 3.05) is 13.1 Å². The first kappa shape index (κ1) is 16.0. The number of aliphatic hydroxyl groups excluding tert-OH is 1. The van der Waals surface area contributed by atoms with Gasteiger partial charge in [0, 0.05) is 19.1 Å². The van der Waals surface area contributed by atoms with Crippen LogP contribution in [0.1, 0.15) is 60.8 Å². The summed E-state index contributed by atoms with van der Waals surface area (Å²) >= 11 is 0. The van der Waals surface area contributed by atoms with Crippen molar-refractivity contribution < 1.29 is 5.11 Å². The van der Waals surface area contributed by atoms with Crippen molar-refractivity contribution in [1.29, 1.82) is 0 Å². The Bertz CT molecular complexity index is 247. The highest BCUT2D eigenvalue weighted by molar-refractivity contribution is 4.89. The van der Waals surface area contributed by atoms with E-state index in [0.29, 0.717) is 17.9 Å². The molecular formula is C16H33NO. The Balaban J connectivity index is 2.62. The van der Waals surface area contributed by atoms with Crippen molar-refractivity contribution in [3.05, 3.63) is 0 Å². The van der Waals surface area contributed by atoms with E-state index in [0.717, 1.165) is 19.5 Å². The van der Waals surface area contributed by atoms with Gasteiger partial charge in [-0.1, -0.05) is 34.1 Å². The van der Waals surface area contributed by atoms with Gasteiger partial charge in [-0.05, 0) is 43.9 Å². The minimum atomic E-state index is -0.139. The second-order valence-corrected chi connectivity index (χ2v) is 7.53. The van der Waals surface area contributed by atoms with Gasteiger partial charge in [0.05, 0.1) is 6.10 Å². The van der Waals surface area contributed by atoms with Crippen LogP contribution in [0, 0.1) is 17.3 Å². The molecule has 0 amide bonds. The minimum absolute atomic E-state index is 0.101. The molecule has 1 rings (SSSR count). The summed E-state index contributed by atoms with van der Waals surface area (Å²) < 4.78 is 0. The lowest BCUT2D eigenvalue weighted by Crippen LogP contribution is -2.47. The Kier molecular flexibility index (Phi) is 5.67. The van der Waals surface area contributed by atoms with Crippen LogP contribution in [-0.4, -0.2) is 35.2 Å². The molecular weight excluding hydrogens is 222 g/mol. The van der Waals surface area contributed by atoms with Gasteiger partial charge in [-0.15, -0.1) is 0 Å². The molecule has 18 heavy (non-hydrogen) atoms. The van der Waals surface area contributed by atoms with Crippen molar-refractivity contribution >= 4 is 0 Å². The topological polar surface area (TPSA) is 23.5 Å². The SMILES string of the molecule is CC(C)CN(CC1CCCC(C)(C)C1O)C(C)C. The van der Waals surface area contributed by atoms with Crippen molar-refractivity contribution in [1.82, 2.24) is 4.90 Å². The third kappa shape index (κ3) is 4.24. The van der Waals surface area contributed by atoms with Gasteiger partial charge in [0.1, 0.15) is 0 Å². The van der Waals surface area contributed by atoms with Crippen LogP contribution in [0.5, 0.6) is 0 Å². The lowest BCUT2D eigenvalue weighted by Gasteiger charge is -2.43. The highest BCUT2D eigenvalue weighted by Crippen LogP contribution is 2.39. The molecule has 0 spiro atoms. The summed E-state index contributed by atoms with van der Waals surface area (Å²) in [4.78, 5) is 2.54. The molecule has 0 aromatic rings. The summed E-state index contributed by atoms with van der Waals surface area (Å²) in [5, 5.41) is 10.5. The molecule has 2 unspecified atom stereocenters. The van der Waals surface area contributed by atoms with E-state index >= 15 is 0 Å². The van der Waals surface area contributed by atoms with E-state index in [-0.39, 0.29) is 11.5 Å². The Hall–Kier alpha value is -0.0800. The van der Waals surface area contributed by atoms with Crippen LogP contribution in [-0.2, 0) is 0 Å². The van der Waals surface area contributed by atoms with Crippen molar-refractivity contribution in [3.8, 4) is 0 Å². The molecule has 1 saturated carbocycles. The van der Waals surface area contributed by atoms with Crippen molar-refractivity contribution in [2.45, 2.75) is 73.0 Å². The van der Waals surface area contributed by atoms with E-state index in [2.05, 4.69) is 46.4 Å². The van der Waals surface area contributed by atoms with Gasteiger partial charge >= 0.3 is 0 Å². The minimum Gasteiger partial charge on any atom is -0.392 e. The molecule has 108 valence electrons. The Morgan fingerprint density at radius 3 is 2.33 bits per heavy atom. The zero-order valence-corrected chi connectivity index (χ0v) is 13.2. The molecule has 2 nitrogen and oxygen atoms in total. The van der Waals surface area contributed by atoms with E-state index < -0.39 is 0 Å². The van der Waals surface area contributed by atoms with Gasteiger partial charge < -0.3 is 10.0 Å². The van der Waals surface area contributed by atoms with Crippen LogP contribution in [0.3, 0.4) is 0 Å². The summed E-state index contributed by atoms with van der Waals surface area (Å²) in [7, 11) is 0. The maximum absolute atomic E-state index is 10.5. The average Bonchev–Trinajstić information content (AvgIpc) is 2.22. The number of nitrogens with zero attached hydrogens (tertiary/aromatic N) is 1. The Morgan fingerprint density at radius 1 is 1.22 bits per heavy atom. The average molecular weight is 255 g/mol. The summed E-state index contributed by atoms with van der Waals surface area (Å²) in [6.07, 6.45) is 3.48. The van der Waals surface area contributed by atoms with Crippen LogP contribution in [0.15, 0.2) is 0 Å². The van der Waals surface area contributed by atoms with Crippen molar-refractivity contribution in [3.63, 3.8) is 0 Å². The largest absolute Gasteiger partial charge is 0.392 e. The molecule has 0 saturated heterocycles. The normalized spacial score (nSPS) is 28.3. The predicted molar refractivity (Wildman–Crippen MR) is 78.7 cm³/mol. The second-order valence-electron chi connectivity index (χ2n) is 7.53. The van der Waals surface area contributed by atoms with Crippen LogP contribution < -0.4 is 0 Å². The van der Waals surface area contributed by atoms with E-state index in [1.54, 1.807) is 0 Å². The van der Waals surface area contributed by atoms with Gasteiger partial charge in [-0.2, -0.15) is 0 Å². The number of hydrogen-bond acceptors (Lipinski definition) is 2. The van der Waals surface area contributed by atoms with Gasteiger partial charge in [0.25, 0.3) is 0 Å². The van der Waals surface area contributed by atoms with Crippen LogP contribution in [0.25, 0.3) is 0 Å².